The third kappa shape index (κ3) is 3.27. The van der Waals surface area contributed by atoms with Crippen LogP contribution in [0, 0.1) is 0 Å². The second-order valence-corrected chi connectivity index (χ2v) is 4.47. The summed E-state index contributed by atoms with van der Waals surface area (Å²) >= 11 is 0. The lowest BCUT2D eigenvalue weighted by Gasteiger charge is -2.35. The monoisotopic (exact) mass is 250 g/mol. The average molecular weight is 250 g/mol. The highest BCUT2D eigenvalue weighted by Crippen LogP contribution is 2.14. The molecule has 2 rings (SSSR count). The Morgan fingerprint density at radius 2 is 2.39 bits per heavy atom. The summed E-state index contributed by atoms with van der Waals surface area (Å²) < 4.78 is 10.3. The highest BCUT2D eigenvalue weighted by molar-refractivity contribution is 5.74. The lowest BCUT2D eigenvalue weighted by molar-refractivity contribution is -0.166. The summed E-state index contributed by atoms with van der Waals surface area (Å²) in [7, 11) is 1.38. The molecule has 98 valence electrons. The molecule has 0 N–H and O–H groups in total. The van der Waals surface area contributed by atoms with Crippen LogP contribution < -0.4 is 0 Å². The molecule has 0 amide bonds. The summed E-state index contributed by atoms with van der Waals surface area (Å²) in [4.78, 5) is 18.0. The molecule has 0 spiro atoms. The number of aromatic nitrogens is 1. The van der Waals surface area contributed by atoms with Crippen LogP contribution in [0.5, 0.6) is 0 Å². The molecule has 0 aliphatic carbocycles. The van der Waals surface area contributed by atoms with Crippen LogP contribution in [0.15, 0.2) is 24.4 Å². The van der Waals surface area contributed by atoms with E-state index < -0.39 is 6.10 Å². The van der Waals surface area contributed by atoms with Crippen molar-refractivity contribution >= 4 is 5.97 Å². The van der Waals surface area contributed by atoms with Crippen molar-refractivity contribution in [2.45, 2.75) is 25.7 Å². The molecule has 0 saturated carbocycles. The molecule has 1 aromatic heterocycles. The zero-order valence-corrected chi connectivity index (χ0v) is 10.7. The number of methoxy groups -OCH3 is 1. The van der Waals surface area contributed by atoms with Crippen molar-refractivity contribution in [1.29, 1.82) is 0 Å². The number of ether oxygens (including phenoxy) is 2. The quantitative estimate of drug-likeness (QED) is 0.744. The predicted octanol–water partition coefficient (Wildman–Crippen LogP) is 0.844. The Labute approximate surface area is 107 Å². The number of rotatable bonds is 3. The molecule has 0 radical (unpaired) electrons. The normalized spacial score (nSPS) is 24.8. The second kappa shape index (κ2) is 5.93. The molecule has 0 bridgehead atoms. The van der Waals surface area contributed by atoms with Crippen LogP contribution >= 0.6 is 0 Å². The molecule has 5 nitrogen and oxygen atoms in total. The number of hydrogen-bond acceptors (Lipinski definition) is 5. The largest absolute Gasteiger partial charge is 0.467 e. The fourth-order valence-electron chi connectivity index (χ4n) is 2.15. The van der Waals surface area contributed by atoms with Crippen molar-refractivity contribution < 1.29 is 14.3 Å². The fourth-order valence-corrected chi connectivity index (χ4v) is 2.15. The maximum absolute atomic E-state index is 11.5. The number of carbonyl (C=O) groups is 1. The van der Waals surface area contributed by atoms with E-state index in [-0.39, 0.29) is 12.1 Å². The van der Waals surface area contributed by atoms with Crippen molar-refractivity contribution in [3.05, 3.63) is 30.1 Å². The minimum Gasteiger partial charge on any atom is -0.467 e. The second-order valence-electron chi connectivity index (χ2n) is 4.47. The molecule has 2 heterocycles. The van der Waals surface area contributed by atoms with Gasteiger partial charge in [0, 0.05) is 25.8 Å². The van der Waals surface area contributed by atoms with Gasteiger partial charge in [0.2, 0.25) is 0 Å². The summed E-state index contributed by atoms with van der Waals surface area (Å²) in [6.07, 6.45) is 1.30. The number of nitrogens with zero attached hydrogens (tertiary/aromatic N) is 2. The first-order chi connectivity index (χ1) is 8.69. The van der Waals surface area contributed by atoms with Gasteiger partial charge in [-0.3, -0.25) is 9.88 Å². The first-order valence-electron chi connectivity index (χ1n) is 6.04. The van der Waals surface area contributed by atoms with Crippen LogP contribution in [0.2, 0.25) is 0 Å². The van der Waals surface area contributed by atoms with E-state index in [2.05, 4.69) is 9.88 Å². The molecule has 5 heteroatoms. The molecule has 18 heavy (non-hydrogen) atoms. The summed E-state index contributed by atoms with van der Waals surface area (Å²) in [6.45, 7) is 4.03. The Balaban J connectivity index is 1.98. The summed E-state index contributed by atoms with van der Waals surface area (Å²) in [5, 5.41) is 0. The van der Waals surface area contributed by atoms with E-state index in [1.807, 2.05) is 25.1 Å². The first-order valence-corrected chi connectivity index (χ1v) is 6.04. The van der Waals surface area contributed by atoms with Crippen molar-refractivity contribution in [3.8, 4) is 0 Å². The molecule has 0 unspecified atom stereocenters. The van der Waals surface area contributed by atoms with Crippen LogP contribution in [0.25, 0.3) is 0 Å². The summed E-state index contributed by atoms with van der Waals surface area (Å²) in [5.41, 5.74) is 0.996. The number of morpholine rings is 1. The van der Waals surface area contributed by atoms with Gasteiger partial charge in [0.1, 0.15) is 0 Å². The summed E-state index contributed by atoms with van der Waals surface area (Å²) in [6, 6.07) is 5.83. The number of esters is 1. The predicted molar refractivity (Wildman–Crippen MR) is 65.9 cm³/mol. The van der Waals surface area contributed by atoms with Gasteiger partial charge in [0.25, 0.3) is 0 Å². The summed E-state index contributed by atoms with van der Waals surface area (Å²) in [5.74, 6) is -0.312. The van der Waals surface area contributed by atoms with E-state index in [0.29, 0.717) is 6.54 Å². The third-order valence-corrected chi connectivity index (χ3v) is 2.91. The maximum atomic E-state index is 11.5. The Morgan fingerprint density at radius 3 is 3.06 bits per heavy atom. The molecule has 1 aromatic rings. The number of pyridine rings is 1. The Hall–Kier alpha value is -1.46. The minimum absolute atomic E-state index is 0.0200. The van der Waals surface area contributed by atoms with Crippen molar-refractivity contribution in [2.24, 2.45) is 0 Å². The SMILES string of the molecule is COC(=O)[C@H]1CN(Cc2ccccn2)C[C@@H](C)O1. The lowest BCUT2D eigenvalue weighted by Crippen LogP contribution is -2.49. The number of hydrogen-bond donors (Lipinski definition) is 0. The molecular weight excluding hydrogens is 232 g/mol. The molecule has 1 aliphatic heterocycles. The highest BCUT2D eigenvalue weighted by atomic mass is 16.6. The van der Waals surface area contributed by atoms with E-state index in [4.69, 9.17) is 9.47 Å². The van der Waals surface area contributed by atoms with Gasteiger partial charge >= 0.3 is 5.97 Å². The van der Waals surface area contributed by atoms with E-state index in [1.54, 1.807) is 6.20 Å². The Bertz CT molecular complexity index is 396. The maximum Gasteiger partial charge on any atom is 0.336 e. The molecule has 1 saturated heterocycles. The average Bonchev–Trinajstić information content (AvgIpc) is 2.38. The Kier molecular flexibility index (Phi) is 4.28. The molecule has 2 atom stereocenters. The van der Waals surface area contributed by atoms with E-state index in [0.717, 1.165) is 18.8 Å². The van der Waals surface area contributed by atoms with Crippen LogP contribution in [-0.2, 0) is 20.8 Å². The van der Waals surface area contributed by atoms with Crippen molar-refractivity contribution in [3.63, 3.8) is 0 Å². The number of carbonyl (C=O) groups excluding carboxylic acids is 1. The molecule has 1 aliphatic rings. The third-order valence-electron chi connectivity index (χ3n) is 2.91. The lowest BCUT2D eigenvalue weighted by atomic mass is 10.2. The van der Waals surface area contributed by atoms with Gasteiger partial charge in [-0.15, -0.1) is 0 Å². The van der Waals surface area contributed by atoms with Gasteiger partial charge in [0.15, 0.2) is 6.10 Å². The first kappa shape index (κ1) is 13.0. The topological polar surface area (TPSA) is 51.7 Å². The fraction of sp³-hybridized carbons (Fsp3) is 0.538. The van der Waals surface area contributed by atoms with Crippen LogP contribution in [0.3, 0.4) is 0 Å². The van der Waals surface area contributed by atoms with Gasteiger partial charge in [-0.2, -0.15) is 0 Å². The van der Waals surface area contributed by atoms with E-state index >= 15 is 0 Å². The zero-order chi connectivity index (χ0) is 13.0. The molecular formula is C13H18N2O3. The highest BCUT2D eigenvalue weighted by Gasteiger charge is 2.31. The standard InChI is InChI=1S/C13H18N2O3/c1-10-7-15(8-11-5-3-4-6-14-11)9-12(18-10)13(16)17-2/h3-6,10,12H,7-9H2,1-2H3/t10-,12-/m1/s1. The Morgan fingerprint density at radius 1 is 1.56 bits per heavy atom. The van der Waals surface area contributed by atoms with E-state index in [9.17, 15) is 4.79 Å². The van der Waals surface area contributed by atoms with E-state index in [1.165, 1.54) is 7.11 Å². The van der Waals surface area contributed by atoms with Gasteiger partial charge in [-0.1, -0.05) is 6.07 Å². The van der Waals surface area contributed by atoms with Gasteiger partial charge in [-0.05, 0) is 19.1 Å². The van der Waals surface area contributed by atoms with Gasteiger partial charge in [0.05, 0.1) is 18.9 Å². The van der Waals surface area contributed by atoms with Crippen LogP contribution in [0.1, 0.15) is 12.6 Å². The molecule has 1 fully saturated rings. The van der Waals surface area contributed by atoms with Crippen molar-refractivity contribution in [1.82, 2.24) is 9.88 Å². The molecule has 0 aromatic carbocycles. The van der Waals surface area contributed by atoms with Crippen LogP contribution in [0.4, 0.5) is 0 Å². The zero-order valence-electron chi connectivity index (χ0n) is 10.7. The smallest absolute Gasteiger partial charge is 0.336 e. The van der Waals surface area contributed by atoms with Crippen molar-refractivity contribution in [2.75, 3.05) is 20.2 Å². The van der Waals surface area contributed by atoms with Crippen LogP contribution in [-0.4, -0.2) is 48.3 Å². The van der Waals surface area contributed by atoms with Gasteiger partial charge in [-0.25, -0.2) is 4.79 Å². The van der Waals surface area contributed by atoms with Gasteiger partial charge < -0.3 is 9.47 Å². The minimum atomic E-state index is -0.498.